The first-order chi connectivity index (χ1) is 10.8. The van der Waals surface area contributed by atoms with Gasteiger partial charge < -0.3 is 9.47 Å². The second-order valence-electron chi connectivity index (χ2n) is 5.16. The second kappa shape index (κ2) is 7.02. The van der Waals surface area contributed by atoms with E-state index < -0.39 is 10.8 Å². The fraction of sp³-hybridized carbons (Fsp3) is 0.467. The summed E-state index contributed by atoms with van der Waals surface area (Å²) in [5, 5.41) is 8.38. The van der Waals surface area contributed by atoms with E-state index in [2.05, 4.69) is 10.2 Å². The molecule has 0 N–H and O–H groups in total. The van der Waals surface area contributed by atoms with Crippen molar-refractivity contribution in [1.82, 2.24) is 14.8 Å². The van der Waals surface area contributed by atoms with Gasteiger partial charge in [-0.1, -0.05) is 12.1 Å². The summed E-state index contributed by atoms with van der Waals surface area (Å²) in [7, 11) is 0.343. The highest BCUT2D eigenvalue weighted by Crippen LogP contribution is 2.24. The molecule has 2 atom stereocenters. The molecule has 7 heteroatoms. The van der Waals surface area contributed by atoms with Crippen LogP contribution in [-0.4, -0.2) is 44.5 Å². The Labute approximate surface area is 131 Å². The Morgan fingerprint density at radius 3 is 3.05 bits per heavy atom. The van der Waals surface area contributed by atoms with Gasteiger partial charge in [0.2, 0.25) is 5.16 Å². The first-order valence-electron chi connectivity index (χ1n) is 7.33. The summed E-state index contributed by atoms with van der Waals surface area (Å²) in [6, 6.07) is 7.53. The standard InChI is InChI=1S/C15H19N3O3S/c1-20-14-8-3-2-7-13(14)18-11-16-17-15(18)22(19)10-12-6-4-5-9-21-12/h2-3,7-8,11-12H,4-6,9-10H2,1H3/t12-,22-/m1/s1. The van der Waals surface area contributed by atoms with Gasteiger partial charge >= 0.3 is 0 Å². The Balaban J connectivity index is 1.83. The van der Waals surface area contributed by atoms with Crippen molar-refractivity contribution in [2.45, 2.75) is 30.5 Å². The highest BCUT2D eigenvalue weighted by atomic mass is 32.2. The number of hydrogen-bond acceptors (Lipinski definition) is 5. The minimum atomic E-state index is -1.26. The third-order valence-electron chi connectivity index (χ3n) is 3.68. The van der Waals surface area contributed by atoms with Gasteiger partial charge in [-0.05, 0) is 31.4 Å². The van der Waals surface area contributed by atoms with Crippen LogP contribution in [0.1, 0.15) is 19.3 Å². The van der Waals surface area contributed by atoms with Crippen LogP contribution < -0.4 is 4.74 Å². The van der Waals surface area contributed by atoms with Gasteiger partial charge in [0.25, 0.3) is 0 Å². The van der Waals surface area contributed by atoms with Gasteiger partial charge in [-0.3, -0.25) is 8.78 Å². The lowest BCUT2D eigenvalue weighted by atomic mass is 10.1. The molecule has 1 saturated heterocycles. The fourth-order valence-corrected chi connectivity index (χ4v) is 3.81. The Morgan fingerprint density at radius 1 is 1.41 bits per heavy atom. The summed E-state index contributed by atoms with van der Waals surface area (Å²) in [6.45, 7) is 0.751. The highest BCUT2D eigenvalue weighted by molar-refractivity contribution is 7.84. The van der Waals surface area contributed by atoms with Gasteiger partial charge in [-0.2, -0.15) is 0 Å². The van der Waals surface area contributed by atoms with Crippen LogP contribution in [0.4, 0.5) is 0 Å². The van der Waals surface area contributed by atoms with Gasteiger partial charge in [0, 0.05) is 6.61 Å². The molecule has 2 aromatic rings. The maximum Gasteiger partial charge on any atom is 0.226 e. The van der Waals surface area contributed by atoms with Gasteiger partial charge in [0.05, 0.1) is 35.5 Å². The summed E-state index contributed by atoms with van der Waals surface area (Å²) < 4.78 is 25.4. The molecule has 0 bridgehead atoms. The molecule has 1 aliphatic rings. The molecule has 0 aliphatic carbocycles. The Morgan fingerprint density at radius 2 is 2.27 bits per heavy atom. The minimum Gasteiger partial charge on any atom is -0.495 e. The van der Waals surface area contributed by atoms with Gasteiger partial charge in [0.15, 0.2) is 0 Å². The van der Waals surface area contributed by atoms with Gasteiger partial charge in [-0.25, -0.2) is 0 Å². The lowest BCUT2D eigenvalue weighted by molar-refractivity contribution is 0.0309. The van der Waals surface area contributed by atoms with Crippen LogP contribution in [0.5, 0.6) is 5.75 Å². The molecule has 0 spiro atoms. The molecule has 1 fully saturated rings. The molecule has 0 unspecified atom stereocenters. The zero-order chi connectivity index (χ0) is 15.4. The molecule has 0 amide bonds. The van der Waals surface area contributed by atoms with Crippen LogP contribution in [0, 0.1) is 0 Å². The number of benzene rings is 1. The number of methoxy groups -OCH3 is 1. The van der Waals surface area contributed by atoms with Crippen LogP contribution >= 0.6 is 0 Å². The molecule has 1 aromatic carbocycles. The lowest BCUT2D eigenvalue weighted by Gasteiger charge is -2.21. The van der Waals surface area contributed by atoms with Crippen molar-refractivity contribution >= 4 is 10.8 Å². The normalized spacial score (nSPS) is 19.8. The molecule has 2 heterocycles. The van der Waals surface area contributed by atoms with E-state index in [1.54, 1.807) is 18.0 Å². The maximum atomic E-state index is 12.6. The average Bonchev–Trinajstić information content (AvgIpc) is 3.05. The molecule has 1 aliphatic heterocycles. The SMILES string of the molecule is COc1ccccc1-n1cnnc1[S@](=O)C[C@H]1CCCCO1. The van der Waals surface area contributed by atoms with Crippen molar-refractivity contribution in [2.24, 2.45) is 0 Å². The molecule has 118 valence electrons. The third-order valence-corrected chi connectivity index (χ3v) is 5.04. The summed E-state index contributed by atoms with van der Waals surface area (Å²) in [4.78, 5) is 0. The van der Waals surface area contributed by atoms with E-state index in [4.69, 9.17) is 9.47 Å². The molecule has 3 rings (SSSR count). The number of para-hydroxylation sites is 2. The first kappa shape index (κ1) is 15.2. The zero-order valence-corrected chi connectivity index (χ0v) is 13.3. The molecule has 22 heavy (non-hydrogen) atoms. The lowest BCUT2D eigenvalue weighted by Crippen LogP contribution is -2.26. The highest BCUT2D eigenvalue weighted by Gasteiger charge is 2.22. The van der Waals surface area contributed by atoms with Crippen molar-refractivity contribution in [3.63, 3.8) is 0 Å². The van der Waals surface area contributed by atoms with E-state index in [0.717, 1.165) is 31.6 Å². The number of hydrogen-bond donors (Lipinski definition) is 0. The van der Waals surface area contributed by atoms with Crippen LogP contribution in [-0.2, 0) is 15.5 Å². The van der Waals surface area contributed by atoms with E-state index in [9.17, 15) is 4.21 Å². The molecule has 0 saturated carbocycles. The summed E-state index contributed by atoms with van der Waals surface area (Å²) in [5.74, 6) is 1.14. The predicted molar refractivity (Wildman–Crippen MR) is 82.8 cm³/mol. The van der Waals surface area contributed by atoms with Gasteiger partial charge in [-0.15, -0.1) is 10.2 Å². The maximum absolute atomic E-state index is 12.6. The van der Waals surface area contributed by atoms with E-state index in [-0.39, 0.29) is 6.10 Å². The van der Waals surface area contributed by atoms with Crippen molar-refractivity contribution in [1.29, 1.82) is 0 Å². The quantitative estimate of drug-likeness (QED) is 0.842. The number of aromatic nitrogens is 3. The number of ether oxygens (including phenoxy) is 2. The van der Waals surface area contributed by atoms with Crippen LogP contribution in [0.25, 0.3) is 5.69 Å². The predicted octanol–water partition coefficient (Wildman–Crippen LogP) is 1.95. The van der Waals surface area contributed by atoms with E-state index in [1.165, 1.54) is 0 Å². The second-order valence-corrected chi connectivity index (χ2v) is 6.55. The number of rotatable bonds is 5. The molecule has 6 nitrogen and oxygen atoms in total. The summed E-state index contributed by atoms with van der Waals surface area (Å²) in [5.41, 5.74) is 0.780. The van der Waals surface area contributed by atoms with Crippen LogP contribution in [0.3, 0.4) is 0 Å². The minimum absolute atomic E-state index is 0.0393. The fourth-order valence-electron chi connectivity index (χ4n) is 2.56. The first-order valence-corrected chi connectivity index (χ1v) is 8.65. The topological polar surface area (TPSA) is 66.2 Å². The van der Waals surface area contributed by atoms with Crippen molar-refractivity contribution in [3.05, 3.63) is 30.6 Å². The van der Waals surface area contributed by atoms with Crippen LogP contribution in [0.15, 0.2) is 35.7 Å². The van der Waals surface area contributed by atoms with Crippen molar-refractivity contribution < 1.29 is 13.7 Å². The molecule has 0 radical (unpaired) electrons. The average molecular weight is 321 g/mol. The molecular weight excluding hydrogens is 302 g/mol. The number of nitrogens with zero attached hydrogens (tertiary/aromatic N) is 3. The summed E-state index contributed by atoms with van der Waals surface area (Å²) >= 11 is 0. The monoisotopic (exact) mass is 321 g/mol. The van der Waals surface area contributed by atoms with Crippen LogP contribution in [0.2, 0.25) is 0 Å². The van der Waals surface area contributed by atoms with E-state index >= 15 is 0 Å². The molecular formula is C15H19N3O3S. The van der Waals surface area contributed by atoms with Crippen molar-refractivity contribution in [2.75, 3.05) is 19.5 Å². The van der Waals surface area contributed by atoms with Crippen molar-refractivity contribution in [3.8, 4) is 11.4 Å². The smallest absolute Gasteiger partial charge is 0.226 e. The third kappa shape index (κ3) is 3.20. The Bertz CT molecular complexity index is 653. The zero-order valence-electron chi connectivity index (χ0n) is 12.5. The summed E-state index contributed by atoms with van der Waals surface area (Å²) in [6.07, 6.45) is 4.76. The van der Waals surface area contributed by atoms with E-state index in [0.29, 0.717) is 16.7 Å². The Hall–Kier alpha value is -1.73. The largest absolute Gasteiger partial charge is 0.495 e. The van der Waals surface area contributed by atoms with Gasteiger partial charge in [0.1, 0.15) is 12.1 Å². The van der Waals surface area contributed by atoms with E-state index in [1.807, 2.05) is 24.3 Å². The Kier molecular flexibility index (Phi) is 4.84. The molecule has 1 aromatic heterocycles.